The van der Waals surface area contributed by atoms with E-state index in [2.05, 4.69) is 46.8 Å². The molecule has 0 atom stereocenters. The molecule has 0 fully saturated rings. The van der Waals surface area contributed by atoms with Crippen LogP contribution in [-0.2, 0) is 17.4 Å². The Morgan fingerprint density at radius 3 is 2.15 bits per heavy atom. The Morgan fingerprint density at radius 1 is 0.970 bits per heavy atom. The van der Waals surface area contributed by atoms with Gasteiger partial charge in [0.1, 0.15) is 0 Å². The first kappa shape index (κ1) is 23.4. The van der Waals surface area contributed by atoms with E-state index in [-0.39, 0.29) is 28.1 Å². The quantitative estimate of drug-likeness (QED) is 0.500. The summed E-state index contributed by atoms with van der Waals surface area (Å²) >= 11 is 0.987. The summed E-state index contributed by atoms with van der Waals surface area (Å²) in [6.07, 6.45) is 2.30. The maximum Gasteiger partial charge on any atom is 0.310 e. The van der Waals surface area contributed by atoms with Gasteiger partial charge in [0, 0.05) is 5.56 Å². The fourth-order valence-corrected chi connectivity index (χ4v) is 5.60. The molecular weight excluding hydrogens is 434 g/mol. The first-order valence-electron chi connectivity index (χ1n) is 11.3. The molecule has 176 valence electrons. The van der Waals surface area contributed by atoms with Crippen LogP contribution >= 0.6 is 11.3 Å². The van der Waals surface area contributed by atoms with Crippen molar-refractivity contribution < 1.29 is 14.6 Å². The topological polar surface area (TPSA) is 60.7 Å². The molecule has 3 aromatic rings. The number of thiazole rings is 1. The van der Waals surface area contributed by atoms with E-state index < -0.39 is 0 Å². The highest BCUT2D eigenvalue weighted by atomic mass is 32.1. The van der Waals surface area contributed by atoms with Crippen LogP contribution in [0.2, 0.25) is 0 Å². The van der Waals surface area contributed by atoms with Gasteiger partial charge in [-0.15, -0.1) is 0 Å². The molecule has 0 amide bonds. The van der Waals surface area contributed by atoms with Gasteiger partial charge >= 0.3 is 4.87 Å². The van der Waals surface area contributed by atoms with Crippen molar-refractivity contribution in [1.82, 2.24) is 4.57 Å². The predicted octanol–water partition coefficient (Wildman–Crippen LogP) is 6.01. The Kier molecular flexibility index (Phi) is 5.85. The lowest BCUT2D eigenvalue weighted by molar-refractivity contribution is 0.331. The number of hydrogen-bond acceptors (Lipinski definition) is 5. The molecule has 1 N–H and O–H groups in total. The summed E-state index contributed by atoms with van der Waals surface area (Å²) in [5, 5.41) is 11.6. The third-order valence-corrected chi connectivity index (χ3v) is 7.88. The van der Waals surface area contributed by atoms with Crippen molar-refractivity contribution in [2.45, 2.75) is 64.8 Å². The third kappa shape index (κ3) is 4.05. The average Bonchev–Trinajstić information content (AvgIpc) is 3.08. The van der Waals surface area contributed by atoms with Gasteiger partial charge in [0.05, 0.1) is 26.1 Å². The normalized spacial score (nSPS) is 16.3. The Hall–Kier alpha value is -2.73. The van der Waals surface area contributed by atoms with Crippen molar-refractivity contribution in [2.24, 2.45) is 0 Å². The smallest absolute Gasteiger partial charge is 0.310 e. The molecule has 0 aliphatic heterocycles. The maximum absolute atomic E-state index is 12.2. The lowest BCUT2D eigenvalue weighted by Gasteiger charge is -2.42. The zero-order valence-corrected chi connectivity index (χ0v) is 21.4. The SMILES string of the molecule is COc1cc(Cn2c(O)csc2=O)cc(-c2cc3c(cc2C)C(C)(C)CCC3(C)C)c1OC. The number of nitrogens with zero attached hydrogens (tertiary/aromatic N) is 1. The van der Waals surface area contributed by atoms with E-state index in [0.29, 0.717) is 11.5 Å². The van der Waals surface area contributed by atoms with E-state index in [1.165, 1.54) is 26.6 Å². The molecule has 33 heavy (non-hydrogen) atoms. The highest BCUT2D eigenvalue weighted by molar-refractivity contribution is 7.07. The molecule has 1 aromatic heterocycles. The minimum atomic E-state index is -0.197. The average molecular weight is 468 g/mol. The van der Waals surface area contributed by atoms with Gasteiger partial charge in [-0.3, -0.25) is 9.36 Å². The van der Waals surface area contributed by atoms with Crippen LogP contribution in [-0.4, -0.2) is 23.9 Å². The first-order chi connectivity index (χ1) is 15.5. The first-order valence-corrected chi connectivity index (χ1v) is 12.1. The lowest BCUT2D eigenvalue weighted by atomic mass is 9.62. The van der Waals surface area contributed by atoms with Gasteiger partial charge in [0.15, 0.2) is 11.5 Å². The summed E-state index contributed by atoms with van der Waals surface area (Å²) in [6, 6.07) is 8.56. The number of ether oxygens (including phenoxy) is 2. The molecule has 0 saturated heterocycles. The molecule has 1 aliphatic carbocycles. The fraction of sp³-hybridized carbons (Fsp3) is 0.444. The minimum Gasteiger partial charge on any atom is -0.494 e. The molecule has 5 nitrogen and oxygen atoms in total. The van der Waals surface area contributed by atoms with Crippen LogP contribution in [0.5, 0.6) is 17.4 Å². The maximum atomic E-state index is 12.2. The summed E-state index contributed by atoms with van der Waals surface area (Å²) in [4.78, 5) is 12.0. The van der Waals surface area contributed by atoms with Crippen LogP contribution in [0.25, 0.3) is 11.1 Å². The molecule has 0 radical (unpaired) electrons. The number of aryl methyl sites for hydroxylation is 1. The summed E-state index contributed by atoms with van der Waals surface area (Å²) in [6.45, 7) is 11.7. The number of aromatic hydroxyl groups is 1. The highest BCUT2D eigenvalue weighted by Gasteiger charge is 2.37. The standard InChI is InChI=1S/C27H33NO4S/c1-16-10-20-21(27(4,5)9-8-26(20,2)3)13-18(16)19-11-17(12-22(31-6)24(19)32-7)14-28-23(29)15-33-25(28)30/h10-13,15,29H,8-9,14H2,1-7H3. The van der Waals surface area contributed by atoms with E-state index in [4.69, 9.17) is 9.47 Å². The van der Waals surface area contributed by atoms with Gasteiger partial charge in [-0.05, 0) is 76.6 Å². The van der Waals surface area contributed by atoms with Crippen LogP contribution < -0.4 is 14.3 Å². The van der Waals surface area contributed by atoms with E-state index in [0.717, 1.165) is 40.9 Å². The fourth-order valence-electron chi connectivity index (χ4n) is 4.98. The van der Waals surface area contributed by atoms with Crippen molar-refractivity contribution >= 4 is 11.3 Å². The Morgan fingerprint density at radius 2 is 1.61 bits per heavy atom. The van der Waals surface area contributed by atoms with Crippen molar-refractivity contribution in [3.8, 4) is 28.5 Å². The van der Waals surface area contributed by atoms with Crippen molar-refractivity contribution in [1.29, 1.82) is 0 Å². The second-order valence-corrected chi connectivity index (χ2v) is 11.1. The van der Waals surface area contributed by atoms with E-state index in [1.807, 2.05) is 12.1 Å². The summed E-state index contributed by atoms with van der Waals surface area (Å²) in [5.74, 6) is 1.24. The van der Waals surface area contributed by atoms with Gasteiger partial charge in [-0.1, -0.05) is 45.1 Å². The molecule has 4 rings (SSSR count). The zero-order chi connectivity index (χ0) is 24.1. The Balaban J connectivity index is 1.94. The monoisotopic (exact) mass is 467 g/mol. The van der Waals surface area contributed by atoms with E-state index >= 15 is 0 Å². The second kappa shape index (κ2) is 8.24. The second-order valence-electron chi connectivity index (χ2n) is 10.3. The number of hydrogen-bond donors (Lipinski definition) is 1. The third-order valence-electron chi connectivity index (χ3n) is 7.13. The van der Waals surface area contributed by atoms with Crippen LogP contribution in [0.4, 0.5) is 0 Å². The Bertz CT molecular complexity index is 1270. The summed E-state index contributed by atoms with van der Waals surface area (Å²) < 4.78 is 12.8. The van der Waals surface area contributed by atoms with Gasteiger partial charge < -0.3 is 14.6 Å². The van der Waals surface area contributed by atoms with Gasteiger partial charge in [-0.25, -0.2) is 0 Å². The molecule has 0 saturated carbocycles. The number of aromatic nitrogens is 1. The molecule has 1 aliphatic rings. The van der Waals surface area contributed by atoms with E-state index in [1.54, 1.807) is 14.2 Å². The number of rotatable bonds is 5. The van der Waals surface area contributed by atoms with Gasteiger partial charge in [0.25, 0.3) is 0 Å². The van der Waals surface area contributed by atoms with Crippen LogP contribution in [0.15, 0.2) is 34.4 Å². The van der Waals surface area contributed by atoms with Crippen LogP contribution in [0.3, 0.4) is 0 Å². The van der Waals surface area contributed by atoms with Crippen molar-refractivity contribution in [2.75, 3.05) is 14.2 Å². The number of benzene rings is 2. The lowest BCUT2D eigenvalue weighted by Crippen LogP contribution is -2.34. The largest absolute Gasteiger partial charge is 0.494 e. The molecule has 6 heteroatoms. The molecule has 1 heterocycles. The molecular formula is C27H33NO4S. The minimum absolute atomic E-state index is 0.0322. The summed E-state index contributed by atoms with van der Waals surface area (Å²) in [5.41, 5.74) is 7.05. The van der Waals surface area contributed by atoms with Gasteiger partial charge in [-0.2, -0.15) is 0 Å². The molecule has 2 aromatic carbocycles. The number of fused-ring (bicyclic) bond motifs is 1. The predicted molar refractivity (Wildman–Crippen MR) is 134 cm³/mol. The van der Waals surface area contributed by atoms with Crippen molar-refractivity contribution in [3.05, 3.63) is 61.6 Å². The van der Waals surface area contributed by atoms with Gasteiger partial charge in [0.2, 0.25) is 5.88 Å². The van der Waals surface area contributed by atoms with Crippen molar-refractivity contribution in [3.63, 3.8) is 0 Å². The number of methoxy groups -OCH3 is 2. The zero-order valence-electron chi connectivity index (χ0n) is 20.5. The molecule has 0 spiro atoms. The Labute approximate surface area is 199 Å². The summed E-state index contributed by atoms with van der Waals surface area (Å²) in [7, 11) is 3.27. The van der Waals surface area contributed by atoms with Crippen LogP contribution in [0, 0.1) is 6.92 Å². The molecule has 0 unspecified atom stereocenters. The highest BCUT2D eigenvalue weighted by Crippen LogP contribution is 2.49. The molecule has 0 bridgehead atoms. The van der Waals surface area contributed by atoms with E-state index in [9.17, 15) is 9.90 Å². The van der Waals surface area contributed by atoms with Crippen LogP contribution in [0.1, 0.15) is 62.8 Å².